The number of carbonyl (C=O) groups is 2. The second-order valence-corrected chi connectivity index (χ2v) is 9.23. The van der Waals surface area contributed by atoms with Crippen molar-refractivity contribution in [3.05, 3.63) is 100 Å². The molecule has 1 aliphatic rings. The molecular weight excluding hydrogens is 436 g/mol. The molecular formula is C29H34N4O2. The van der Waals surface area contributed by atoms with Gasteiger partial charge in [-0.3, -0.25) is 14.5 Å². The van der Waals surface area contributed by atoms with Crippen molar-refractivity contribution in [1.29, 1.82) is 0 Å². The Morgan fingerprint density at radius 2 is 1.49 bits per heavy atom. The minimum atomic E-state index is -0.178. The number of likely N-dealkylation sites (tertiary alicyclic amines) is 1. The summed E-state index contributed by atoms with van der Waals surface area (Å²) in [5.74, 6) is -0.356. The van der Waals surface area contributed by atoms with E-state index in [9.17, 15) is 9.59 Å². The van der Waals surface area contributed by atoms with E-state index in [1.165, 1.54) is 19.3 Å². The summed E-state index contributed by atoms with van der Waals surface area (Å²) in [7, 11) is 0. The fraction of sp³-hybridized carbons (Fsp3) is 0.310. The summed E-state index contributed by atoms with van der Waals surface area (Å²) in [6.07, 6.45) is 3.65. The van der Waals surface area contributed by atoms with Gasteiger partial charge in [-0.25, -0.2) is 0 Å². The molecule has 0 bridgehead atoms. The third kappa shape index (κ3) is 6.78. The van der Waals surface area contributed by atoms with Crippen LogP contribution in [-0.2, 0) is 19.6 Å². The smallest absolute Gasteiger partial charge is 0.255 e. The van der Waals surface area contributed by atoms with Gasteiger partial charge in [0.25, 0.3) is 11.8 Å². The molecule has 0 unspecified atom stereocenters. The van der Waals surface area contributed by atoms with Gasteiger partial charge in [0.2, 0.25) is 0 Å². The number of nitrogens with zero attached hydrogens (tertiary/aromatic N) is 1. The van der Waals surface area contributed by atoms with Gasteiger partial charge in [-0.1, -0.05) is 54.4 Å². The van der Waals surface area contributed by atoms with Crippen LogP contribution in [0.15, 0.2) is 66.7 Å². The van der Waals surface area contributed by atoms with Crippen molar-refractivity contribution < 1.29 is 9.59 Å². The molecule has 1 fully saturated rings. The van der Waals surface area contributed by atoms with E-state index in [0.717, 1.165) is 41.9 Å². The maximum Gasteiger partial charge on any atom is 0.255 e. The summed E-state index contributed by atoms with van der Waals surface area (Å²) in [6.45, 7) is 5.76. The van der Waals surface area contributed by atoms with Gasteiger partial charge in [0.1, 0.15) is 0 Å². The van der Waals surface area contributed by atoms with Crippen LogP contribution in [0.1, 0.15) is 62.2 Å². The number of nitrogens with two attached hydrogens (primary N) is 1. The number of hydrogen-bond donors (Lipinski definition) is 3. The van der Waals surface area contributed by atoms with Gasteiger partial charge in [-0.05, 0) is 73.8 Å². The quantitative estimate of drug-likeness (QED) is 0.448. The van der Waals surface area contributed by atoms with Gasteiger partial charge in [0.05, 0.1) is 0 Å². The number of aryl methyl sites for hydroxylation is 1. The van der Waals surface area contributed by atoms with Crippen molar-refractivity contribution in [2.75, 3.05) is 18.4 Å². The SMILES string of the molecule is Cc1ccc(C(=O)Nc2cc(C(=O)NCc3ccc(CN)cc3)ccc2CN2CCCCC2)cc1. The van der Waals surface area contributed by atoms with E-state index >= 15 is 0 Å². The van der Waals surface area contributed by atoms with Crippen LogP contribution in [0.4, 0.5) is 5.69 Å². The van der Waals surface area contributed by atoms with Gasteiger partial charge >= 0.3 is 0 Å². The molecule has 0 spiro atoms. The predicted molar refractivity (Wildman–Crippen MR) is 140 cm³/mol. The molecule has 4 N–H and O–H groups in total. The van der Waals surface area contributed by atoms with Gasteiger partial charge in [-0.15, -0.1) is 0 Å². The molecule has 4 rings (SSSR count). The first kappa shape index (κ1) is 24.6. The lowest BCUT2D eigenvalue weighted by atomic mass is 10.0. The topological polar surface area (TPSA) is 87.5 Å². The maximum absolute atomic E-state index is 13.0. The monoisotopic (exact) mass is 470 g/mol. The second kappa shape index (κ2) is 11.8. The minimum absolute atomic E-state index is 0.178. The van der Waals surface area contributed by atoms with Crippen molar-refractivity contribution in [3.63, 3.8) is 0 Å². The minimum Gasteiger partial charge on any atom is -0.348 e. The Balaban J connectivity index is 1.51. The van der Waals surface area contributed by atoms with E-state index in [1.807, 2.05) is 67.6 Å². The summed E-state index contributed by atoms with van der Waals surface area (Å²) in [6, 6.07) is 21.0. The van der Waals surface area contributed by atoms with Gasteiger partial charge < -0.3 is 16.4 Å². The van der Waals surface area contributed by atoms with Gasteiger partial charge in [0.15, 0.2) is 0 Å². The molecule has 0 atom stereocenters. The van der Waals surface area contributed by atoms with Crippen LogP contribution in [0.25, 0.3) is 0 Å². The van der Waals surface area contributed by atoms with Crippen LogP contribution in [0, 0.1) is 6.92 Å². The molecule has 1 saturated heterocycles. The predicted octanol–water partition coefficient (Wildman–Crippen LogP) is 4.62. The zero-order valence-electron chi connectivity index (χ0n) is 20.3. The van der Waals surface area contributed by atoms with Crippen molar-refractivity contribution >= 4 is 17.5 Å². The summed E-state index contributed by atoms with van der Waals surface area (Å²) < 4.78 is 0. The van der Waals surface area contributed by atoms with E-state index in [-0.39, 0.29) is 11.8 Å². The number of benzene rings is 3. The molecule has 6 nitrogen and oxygen atoms in total. The molecule has 35 heavy (non-hydrogen) atoms. The number of carbonyl (C=O) groups excluding carboxylic acids is 2. The van der Waals surface area contributed by atoms with Gasteiger partial charge in [0, 0.05) is 36.4 Å². The number of piperidine rings is 1. The Morgan fingerprint density at radius 1 is 0.829 bits per heavy atom. The first-order chi connectivity index (χ1) is 17.0. The standard InChI is InChI=1S/C29H34N4O2/c1-21-5-11-24(12-6-21)29(35)32-27-17-25(13-14-26(27)20-33-15-3-2-4-16-33)28(34)31-19-23-9-7-22(18-30)8-10-23/h5-14,17H,2-4,15-16,18-20,30H2,1H3,(H,31,34)(H,32,35). The number of nitrogens with one attached hydrogen (secondary N) is 2. The normalized spacial score (nSPS) is 13.9. The second-order valence-electron chi connectivity index (χ2n) is 9.23. The molecule has 0 radical (unpaired) electrons. The van der Waals surface area contributed by atoms with Crippen molar-refractivity contribution in [2.24, 2.45) is 5.73 Å². The Kier molecular flexibility index (Phi) is 8.29. The molecule has 6 heteroatoms. The average molecular weight is 471 g/mol. The van der Waals surface area contributed by atoms with Crippen LogP contribution in [0.3, 0.4) is 0 Å². The third-order valence-corrected chi connectivity index (χ3v) is 6.49. The highest BCUT2D eigenvalue weighted by Gasteiger charge is 2.17. The largest absolute Gasteiger partial charge is 0.348 e. The van der Waals surface area contributed by atoms with E-state index < -0.39 is 0 Å². The molecule has 0 saturated carbocycles. The van der Waals surface area contributed by atoms with Gasteiger partial charge in [-0.2, -0.15) is 0 Å². The molecule has 2 amide bonds. The molecule has 3 aromatic carbocycles. The van der Waals surface area contributed by atoms with Crippen LogP contribution in [0.5, 0.6) is 0 Å². The number of rotatable bonds is 8. The molecule has 182 valence electrons. The van der Waals surface area contributed by atoms with Crippen molar-refractivity contribution in [2.45, 2.75) is 45.8 Å². The molecule has 3 aromatic rings. The summed E-state index contributed by atoms with van der Waals surface area (Å²) in [5, 5.41) is 6.04. The lowest BCUT2D eigenvalue weighted by molar-refractivity contribution is 0.0949. The molecule has 0 aromatic heterocycles. The van der Waals surface area contributed by atoms with Crippen LogP contribution in [0.2, 0.25) is 0 Å². The first-order valence-electron chi connectivity index (χ1n) is 12.3. The zero-order chi connectivity index (χ0) is 24.6. The number of amides is 2. The van der Waals surface area contributed by atoms with Crippen molar-refractivity contribution in [3.8, 4) is 0 Å². The van der Waals surface area contributed by atoms with E-state index in [1.54, 1.807) is 6.07 Å². The lowest BCUT2D eigenvalue weighted by Gasteiger charge is -2.27. The van der Waals surface area contributed by atoms with Crippen LogP contribution >= 0.6 is 0 Å². The molecule has 1 aliphatic heterocycles. The van der Waals surface area contributed by atoms with Crippen molar-refractivity contribution in [1.82, 2.24) is 10.2 Å². The molecule has 0 aliphatic carbocycles. The Morgan fingerprint density at radius 3 is 2.17 bits per heavy atom. The fourth-order valence-electron chi connectivity index (χ4n) is 4.31. The Labute approximate surface area is 207 Å². The maximum atomic E-state index is 13.0. The highest BCUT2D eigenvalue weighted by atomic mass is 16.2. The third-order valence-electron chi connectivity index (χ3n) is 6.49. The summed E-state index contributed by atoms with van der Waals surface area (Å²) in [4.78, 5) is 28.3. The van der Waals surface area contributed by atoms with Crippen LogP contribution < -0.4 is 16.4 Å². The first-order valence-corrected chi connectivity index (χ1v) is 12.3. The lowest BCUT2D eigenvalue weighted by Crippen LogP contribution is -2.30. The van der Waals surface area contributed by atoms with E-state index in [0.29, 0.717) is 29.9 Å². The zero-order valence-corrected chi connectivity index (χ0v) is 20.3. The number of hydrogen-bond acceptors (Lipinski definition) is 4. The molecule has 1 heterocycles. The van der Waals surface area contributed by atoms with E-state index in [4.69, 9.17) is 5.73 Å². The van der Waals surface area contributed by atoms with E-state index in [2.05, 4.69) is 15.5 Å². The Bertz CT molecular complexity index is 1150. The fourth-order valence-corrected chi connectivity index (χ4v) is 4.31. The van der Waals surface area contributed by atoms with Crippen LogP contribution in [-0.4, -0.2) is 29.8 Å². The highest BCUT2D eigenvalue weighted by Crippen LogP contribution is 2.23. The average Bonchev–Trinajstić information content (AvgIpc) is 2.89. The highest BCUT2D eigenvalue weighted by molar-refractivity contribution is 6.05. The number of anilines is 1. The summed E-state index contributed by atoms with van der Waals surface area (Å²) in [5.41, 5.74) is 11.6. The summed E-state index contributed by atoms with van der Waals surface area (Å²) >= 11 is 0. The Hall–Kier alpha value is -3.48.